The van der Waals surface area contributed by atoms with Gasteiger partial charge in [0, 0.05) is 58.4 Å². The molecule has 0 saturated carbocycles. The number of likely N-dealkylation sites (tertiary alicyclic amines) is 1. The molecule has 0 radical (unpaired) electrons. The molecule has 3 aromatic rings. The number of hydrogen-bond donors (Lipinski definition) is 2. The largest absolute Gasteiger partial charge is 0.505 e. The molecule has 2 aliphatic rings. The van der Waals surface area contributed by atoms with E-state index in [1.807, 2.05) is 0 Å². The van der Waals surface area contributed by atoms with Crippen molar-refractivity contribution in [2.45, 2.75) is 25.8 Å². The molecule has 39 heavy (non-hydrogen) atoms. The van der Waals surface area contributed by atoms with Gasteiger partial charge in [-0.25, -0.2) is 4.39 Å². The smallest absolute Gasteiger partial charge is 0.267 e. The highest BCUT2D eigenvalue weighted by molar-refractivity contribution is 6.01. The van der Waals surface area contributed by atoms with Gasteiger partial charge in [-0.15, -0.1) is 0 Å². The fourth-order valence-corrected chi connectivity index (χ4v) is 5.11. The molecule has 2 saturated heterocycles. The van der Waals surface area contributed by atoms with Crippen molar-refractivity contribution in [2.75, 3.05) is 52.5 Å². The summed E-state index contributed by atoms with van der Waals surface area (Å²) in [6, 6.07) is 7.85. The van der Waals surface area contributed by atoms with Gasteiger partial charge in [0.15, 0.2) is 5.75 Å². The third-order valence-electron chi connectivity index (χ3n) is 7.27. The van der Waals surface area contributed by atoms with Crippen molar-refractivity contribution in [1.29, 1.82) is 0 Å². The van der Waals surface area contributed by atoms with Crippen molar-refractivity contribution in [3.63, 3.8) is 0 Å². The van der Waals surface area contributed by atoms with Crippen LogP contribution in [0.25, 0.3) is 11.0 Å². The van der Waals surface area contributed by atoms with Crippen molar-refractivity contribution >= 4 is 22.8 Å². The van der Waals surface area contributed by atoms with Crippen molar-refractivity contribution in [3.05, 3.63) is 69.4 Å². The zero-order valence-corrected chi connectivity index (χ0v) is 21.7. The van der Waals surface area contributed by atoms with Gasteiger partial charge in [0.25, 0.3) is 11.5 Å². The van der Waals surface area contributed by atoms with Gasteiger partial charge in [-0.05, 0) is 42.2 Å². The van der Waals surface area contributed by atoms with E-state index in [-0.39, 0.29) is 29.3 Å². The molecule has 4 heterocycles. The van der Waals surface area contributed by atoms with Crippen molar-refractivity contribution in [2.24, 2.45) is 0 Å². The first-order valence-corrected chi connectivity index (χ1v) is 13.3. The summed E-state index contributed by atoms with van der Waals surface area (Å²) in [4.78, 5) is 47.2. The third kappa shape index (κ3) is 6.10. The molecule has 2 N–H and O–H groups in total. The molecular formula is C28H32FN5O5. The molecule has 1 aromatic carbocycles. The van der Waals surface area contributed by atoms with E-state index < -0.39 is 17.2 Å². The Kier molecular flexibility index (Phi) is 8.18. The van der Waals surface area contributed by atoms with E-state index >= 15 is 0 Å². The molecule has 5 rings (SSSR count). The molecule has 2 amide bonds. The molecule has 10 nitrogen and oxygen atoms in total. The van der Waals surface area contributed by atoms with Gasteiger partial charge < -0.3 is 24.6 Å². The van der Waals surface area contributed by atoms with Crippen molar-refractivity contribution in [1.82, 2.24) is 24.7 Å². The monoisotopic (exact) mass is 537 g/mol. The Morgan fingerprint density at radius 2 is 1.82 bits per heavy atom. The summed E-state index contributed by atoms with van der Waals surface area (Å²) >= 11 is 0. The van der Waals surface area contributed by atoms with Crippen LogP contribution >= 0.6 is 0 Å². The number of aromatic hydroxyl groups is 1. The molecule has 2 aromatic heterocycles. The minimum Gasteiger partial charge on any atom is -0.505 e. The van der Waals surface area contributed by atoms with E-state index in [0.29, 0.717) is 57.8 Å². The first kappa shape index (κ1) is 26.8. The van der Waals surface area contributed by atoms with E-state index in [0.717, 1.165) is 30.6 Å². The highest BCUT2D eigenvalue weighted by atomic mass is 19.1. The van der Waals surface area contributed by atoms with Crippen LogP contribution in [0.4, 0.5) is 4.39 Å². The lowest BCUT2D eigenvalue weighted by Gasteiger charge is -2.26. The van der Waals surface area contributed by atoms with Gasteiger partial charge in [-0.3, -0.25) is 24.3 Å². The van der Waals surface area contributed by atoms with Crippen LogP contribution in [0.2, 0.25) is 0 Å². The van der Waals surface area contributed by atoms with Gasteiger partial charge >= 0.3 is 0 Å². The third-order valence-corrected chi connectivity index (χ3v) is 7.27. The Bertz CT molecular complexity index is 1420. The number of ether oxygens (including phenoxy) is 1. The number of halogens is 1. The standard InChI is InChI=1S/C28H32FN5O5/c29-21-5-3-19(4-6-21)16-20-17-22-25(31-18-20)26(36)24(27(37)30-7-9-32-12-14-39-15-13-32)28(38)34(22)11-10-33-8-1-2-23(33)35/h3-6,17-18,36H,1-2,7-16H2,(H,30,37). The van der Waals surface area contributed by atoms with Gasteiger partial charge in [0.05, 0.1) is 18.7 Å². The Labute approximate surface area is 225 Å². The van der Waals surface area contributed by atoms with E-state index in [2.05, 4.69) is 15.2 Å². The highest BCUT2D eigenvalue weighted by Crippen LogP contribution is 2.26. The summed E-state index contributed by atoms with van der Waals surface area (Å²) in [5, 5.41) is 13.8. The highest BCUT2D eigenvalue weighted by Gasteiger charge is 2.25. The molecule has 0 spiro atoms. The summed E-state index contributed by atoms with van der Waals surface area (Å²) in [7, 11) is 0. The number of morpholine rings is 1. The minimum absolute atomic E-state index is 0.0299. The zero-order valence-electron chi connectivity index (χ0n) is 21.7. The number of fused-ring (bicyclic) bond motifs is 1. The molecular weight excluding hydrogens is 505 g/mol. The minimum atomic E-state index is -0.671. The predicted molar refractivity (Wildman–Crippen MR) is 142 cm³/mol. The molecule has 0 bridgehead atoms. The van der Waals surface area contributed by atoms with Gasteiger partial charge in [0.2, 0.25) is 5.91 Å². The lowest BCUT2D eigenvalue weighted by molar-refractivity contribution is -0.127. The van der Waals surface area contributed by atoms with Gasteiger partial charge in [0.1, 0.15) is 16.9 Å². The number of nitrogens with zero attached hydrogens (tertiary/aromatic N) is 4. The van der Waals surface area contributed by atoms with E-state index in [1.54, 1.807) is 29.3 Å². The molecule has 11 heteroatoms. The second kappa shape index (κ2) is 11.9. The van der Waals surface area contributed by atoms with E-state index in [4.69, 9.17) is 4.74 Å². The predicted octanol–water partition coefficient (Wildman–Crippen LogP) is 1.52. The number of amides is 2. The number of aromatic nitrogens is 2. The fourth-order valence-electron chi connectivity index (χ4n) is 5.11. The number of rotatable bonds is 9. The van der Waals surface area contributed by atoms with Crippen LogP contribution in [-0.2, 0) is 22.5 Å². The lowest BCUT2D eigenvalue weighted by Crippen LogP contribution is -2.42. The molecule has 0 aliphatic carbocycles. The first-order chi connectivity index (χ1) is 18.9. The van der Waals surface area contributed by atoms with E-state index in [9.17, 15) is 23.9 Å². The molecule has 206 valence electrons. The van der Waals surface area contributed by atoms with Crippen LogP contribution in [0.1, 0.15) is 34.3 Å². The van der Waals surface area contributed by atoms with Crippen LogP contribution < -0.4 is 10.9 Å². The molecule has 2 fully saturated rings. The van der Waals surface area contributed by atoms with Gasteiger partial charge in [-0.1, -0.05) is 12.1 Å². The Hall–Kier alpha value is -3.83. The second-order valence-electron chi connectivity index (χ2n) is 9.89. The number of pyridine rings is 2. The number of benzene rings is 1. The molecule has 0 unspecified atom stereocenters. The number of carbonyl (C=O) groups excluding carboxylic acids is 2. The maximum absolute atomic E-state index is 13.6. The fraction of sp³-hybridized carbons (Fsp3) is 0.429. The van der Waals surface area contributed by atoms with Crippen molar-refractivity contribution in [3.8, 4) is 5.75 Å². The SMILES string of the molecule is O=C(NCCN1CCOCC1)c1c(O)c2ncc(Cc3ccc(F)cc3)cc2n(CCN2CCCC2=O)c1=O. The van der Waals surface area contributed by atoms with Crippen LogP contribution in [-0.4, -0.2) is 88.8 Å². The summed E-state index contributed by atoms with van der Waals surface area (Å²) in [6.45, 7) is 4.79. The zero-order chi connectivity index (χ0) is 27.4. The average molecular weight is 538 g/mol. The average Bonchev–Trinajstić information content (AvgIpc) is 3.35. The summed E-state index contributed by atoms with van der Waals surface area (Å²) in [5.74, 6) is -1.44. The van der Waals surface area contributed by atoms with Gasteiger partial charge in [-0.2, -0.15) is 0 Å². The lowest BCUT2D eigenvalue weighted by atomic mass is 10.1. The molecule has 2 aliphatic heterocycles. The maximum atomic E-state index is 13.6. The second-order valence-corrected chi connectivity index (χ2v) is 9.89. The summed E-state index contributed by atoms with van der Waals surface area (Å²) in [5.41, 5.74) is 1.10. The normalized spacial score (nSPS) is 16.2. The summed E-state index contributed by atoms with van der Waals surface area (Å²) in [6.07, 6.45) is 3.26. The number of hydrogen-bond acceptors (Lipinski definition) is 7. The van der Waals surface area contributed by atoms with Crippen LogP contribution in [0.5, 0.6) is 5.75 Å². The number of nitrogens with one attached hydrogen (secondary N) is 1. The Morgan fingerprint density at radius 1 is 1.05 bits per heavy atom. The summed E-state index contributed by atoms with van der Waals surface area (Å²) < 4.78 is 20.1. The number of carbonyl (C=O) groups is 2. The quantitative estimate of drug-likeness (QED) is 0.425. The Morgan fingerprint density at radius 3 is 2.54 bits per heavy atom. The first-order valence-electron chi connectivity index (χ1n) is 13.3. The topological polar surface area (TPSA) is 117 Å². The maximum Gasteiger partial charge on any atom is 0.267 e. The van der Waals surface area contributed by atoms with Crippen molar-refractivity contribution < 1.29 is 23.8 Å². The van der Waals surface area contributed by atoms with Crippen LogP contribution in [0.15, 0.2) is 41.3 Å². The van der Waals surface area contributed by atoms with E-state index in [1.165, 1.54) is 16.7 Å². The van der Waals surface area contributed by atoms with Crippen LogP contribution in [0.3, 0.4) is 0 Å². The molecule has 0 atom stereocenters. The Balaban J connectivity index is 1.45. The van der Waals surface area contributed by atoms with Crippen LogP contribution in [0, 0.1) is 5.82 Å².